The Morgan fingerprint density at radius 1 is 1.08 bits per heavy atom. The van der Waals surface area contributed by atoms with Crippen molar-refractivity contribution in [2.24, 2.45) is 0 Å². The lowest BCUT2D eigenvalue weighted by Crippen LogP contribution is -2.51. The Morgan fingerprint density at radius 2 is 1.73 bits per heavy atom. The third-order valence-corrected chi connectivity index (χ3v) is 4.18. The van der Waals surface area contributed by atoms with Gasteiger partial charge in [0.2, 0.25) is 0 Å². The predicted octanol–water partition coefficient (Wildman–Crippen LogP) is 1.29. The average molecular weight is 371 g/mol. The van der Waals surface area contributed by atoms with Gasteiger partial charge in [-0.1, -0.05) is 0 Å². The average Bonchev–Trinajstić information content (AvgIpc) is 2.60. The largest absolute Gasteiger partial charge is 0.328 e. The van der Waals surface area contributed by atoms with Crippen LogP contribution in [0.3, 0.4) is 0 Å². The van der Waals surface area contributed by atoms with E-state index >= 15 is 0 Å². The molecule has 1 aromatic heterocycles. The van der Waals surface area contributed by atoms with Crippen molar-refractivity contribution in [2.75, 3.05) is 0 Å². The van der Waals surface area contributed by atoms with Crippen molar-refractivity contribution in [1.82, 2.24) is 20.6 Å². The van der Waals surface area contributed by atoms with Crippen LogP contribution in [0.2, 0.25) is 0 Å². The Kier molecular flexibility index (Phi) is 4.71. The Labute approximate surface area is 149 Å². The van der Waals surface area contributed by atoms with E-state index < -0.39 is 22.8 Å². The number of barbiturate groups is 1. The van der Waals surface area contributed by atoms with Crippen LogP contribution in [0.5, 0.6) is 0 Å². The molecule has 26 heavy (non-hydrogen) atoms. The van der Waals surface area contributed by atoms with Crippen molar-refractivity contribution >= 4 is 41.4 Å². The van der Waals surface area contributed by atoms with Gasteiger partial charge < -0.3 is 0 Å². The number of nitrogens with zero attached hydrogens (tertiary/aromatic N) is 3. The summed E-state index contributed by atoms with van der Waals surface area (Å²) in [5.74, 6) is -1.78. The van der Waals surface area contributed by atoms with Gasteiger partial charge in [-0.05, 0) is 35.5 Å². The van der Waals surface area contributed by atoms with Gasteiger partial charge in [-0.2, -0.15) is 0 Å². The zero-order chi connectivity index (χ0) is 18.7. The molecule has 0 aliphatic carbocycles. The molecule has 4 amide bonds. The first-order chi connectivity index (χ1) is 12.4. The summed E-state index contributed by atoms with van der Waals surface area (Å²) < 4.78 is 0. The SMILES string of the molecule is O=C1NC(=O)C(=Cc2cc([N+](=O)[O-])ccc2Sc2ncccn2)C(=O)N1. The molecule has 130 valence electrons. The fourth-order valence-electron chi connectivity index (χ4n) is 2.05. The second-order valence-corrected chi connectivity index (χ2v) is 5.92. The highest BCUT2D eigenvalue weighted by atomic mass is 32.2. The van der Waals surface area contributed by atoms with Crippen LogP contribution in [0, 0.1) is 10.1 Å². The van der Waals surface area contributed by atoms with Gasteiger partial charge >= 0.3 is 6.03 Å². The minimum atomic E-state index is -0.927. The van der Waals surface area contributed by atoms with Crippen LogP contribution in [-0.2, 0) is 9.59 Å². The van der Waals surface area contributed by atoms with Crippen LogP contribution in [0.25, 0.3) is 6.08 Å². The van der Waals surface area contributed by atoms with E-state index in [0.29, 0.717) is 10.1 Å². The number of non-ortho nitro benzene ring substituents is 1. The summed E-state index contributed by atoms with van der Waals surface area (Å²) >= 11 is 1.11. The molecule has 1 aliphatic rings. The Hall–Kier alpha value is -3.60. The lowest BCUT2D eigenvalue weighted by atomic mass is 10.1. The number of imide groups is 2. The molecule has 1 aromatic carbocycles. The number of amides is 4. The molecule has 3 rings (SSSR count). The highest BCUT2D eigenvalue weighted by molar-refractivity contribution is 7.99. The lowest BCUT2D eigenvalue weighted by Gasteiger charge is -2.14. The number of urea groups is 1. The second-order valence-electron chi connectivity index (χ2n) is 4.91. The van der Waals surface area contributed by atoms with Gasteiger partial charge in [0.15, 0.2) is 5.16 Å². The number of hydrogen-bond donors (Lipinski definition) is 2. The first kappa shape index (κ1) is 17.2. The van der Waals surface area contributed by atoms with Crippen LogP contribution in [0.1, 0.15) is 5.56 Å². The summed E-state index contributed by atoms with van der Waals surface area (Å²) in [7, 11) is 0. The van der Waals surface area contributed by atoms with E-state index in [9.17, 15) is 24.5 Å². The number of rotatable bonds is 4. The molecule has 0 bridgehead atoms. The third-order valence-electron chi connectivity index (χ3n) is 3.19. The van der Waals surface area contributed by atoms with E-state index in [4.69, 9.17) is 0 Å². The number of nitro benzene ring substituents is 1. The van der Waals surface area contributed by atoms with Crippen molar-refractivity contribution in [1.29, 1.82) is 0 Å². The van der Waals surface area contributed by atoms with Gasteiger partial charge in [-0.3, -0.25) is 30.3 Å². The Bertz CT molecular complexity index is 938. The minimum absolute atomic E-state index is 0.220. The zero-order valence-corrected chi connectivity index (χ0v) is 13.6. The minimum Gasteiger partial charge on any atom is -0.273 e. The third kappa shape index (κ3) is 3.72. The number of benzene rings is 1. The number of carbonyl (C=O) groups excluding carboxylic acids is 3. The summed E-state index contributed by atoms with van der Waals surface area (Å²) in [6, 6.07) is 4.68. The topological polar surface area (TPSA) is 144 Å². The van der Waals surface area contributed by atoms with Crippen LogP contribution in [0.4, 0.5) is 10.5 Å². The monoisotopic (exact) mass is 371 g/mol. The van der Waals surface area contributed by atoms with E-state index in [0.717, 1.165) is 11.8 Å². The molecule has 1 saturated heterocycles. The van der Waals surface area contributed by atoms with Gasteiger partial charge in [0.1, 0.15) is 5.57 Å². The van der Waals surface area contributed by atoms with E-state index in [2.05, 4.69) is 9.97 Å². The van der Waals surface area contributed by atoms with Crippen molar-refractivity contribution < 1.29 is 19.3 Å². The van der Waals surface area contributed by atoms with Crippen molar-refractivity contribution in [3.05, 3.63) is 57.9 Å². The van der Waals surface area contributed by atoms with Crippen LogP contribution in [0.15, 0.2) is 52.3 Å². The van der Waals surface area contributed by atoms with Crippen LogP contribution >= 0.6 is 11.8 Å². The Balaban J connectivity index is 2.05. The highest BCUT2D eigenvalue weighted by Gasteiger charge is 2.28. The predicted molar refractivity (Wildman–Crippen MR) is 88.9 cm³/mol. The smallest absolute Gasteiger partial charge is 0.273 e. The molecule has 0 radical (unpaired) electrons. The van der Waals surface area contributed by atoms with Gasteiger partial charge in [0, 0.05) is 29.4 Å². The van der Waals surface area contributed by atoms with E-state index in [1.807, 2.05) is 10.6 Å². The fourth-order valence-corrected chi connectivity index (χ4v) is 2.85. The van der Waals surface area contributed by atoms with Gasteiger partial charge in [0.05, 0.1) is 4.92 Å². The van der Waals surface area contributed by atoms with E-state index in [-0.39, 0.29) is 16.8 Å². The maximum atomic E-state index is 11.9. The number of nitrogens with one attached hydrogen (secondary N) is 2. The molecule has 2 heterocycles. The zero-order valence-electron chi connectivity index (χ0n) is 12.8. The van der Waals surface area contributed by atoms with Crippen LogP contribution in [-0.4, -0.2) is 32.7 Å². The molecular formula is C15H9N5O5S. The van der Waals surface area contributed by atoms with Crippen molar-refractivity contribution in [2.45, 2.75) is 10.1 Å². The molecule has 0 unspecified atom stereocenters. The summed E-state index contributed by atoms with van der Waals surface area (Å²) in [6.45, 7) is 0. The molecule has 1 aliphatic heterocycles. The standard InChI is InChI=1S/C15H9N5O5S/c21-12-10(13(22)19-14(23)18-12)7-8-6-9(20(24)25)2-3-11(8)26-15-16-4-1-5-17-15/h1-7H,(H2,18,19,21,22,23). The van der Waals surface area contributed by atoms with Gasteiger partial charge in [-0.25, -0.2) is 14.8 Å². The number of nitro groups is 1. The quantitative estimate of drug-likeness (QED) is 0.269. The van der Waals surface area contributed by atoms with Crippen LogP contribution < -0.4 is 10.6 Å². The summed E-state index contributed by atoms with van der Waals surface area (Å²) in [5, 5.41) is 15.3. The molecule has 0 atom stereocenters. The van der Waals surface area contributed by atoms with E-state index in [1.165, 1.54) is 36.7 Å². The number of aromatic nitrogens is 2. The van der Waals surface area contributed by atoms with E-state index in [1.54, 1.807) is 6.07 Å². The Morgan fingerprint density at radius 3 is 2.35 bits per heavy atom. The molecule has 0 spiro atoms. The molecule has 2 N–H and O–H groups in total. The first-order valence-corrected chi connectivity index (χ1v) is 7.87. The maximum Gasteiger partial charge on any atom is 0.328 e. The molecule has 11 heteroatoms. The molecule has 10 nitrogen and oxygen atoms in total. The lowest BCUT2D eigenvalue weighted by molar-refractivity contribution is -0.384. The second kappa shape index (κ2) is 7.11. The normalized spacial score (nSPS) is 13.8. The number of carbonyl (C=O) groups is 3. The summed E-state index contributed by atoms with van der Waals surface area (Å²) in [4.78, 5) is 53.9. The molecule has 2 aromatic rings. The number of hydrogen-bond acceptors (Lipinski definition) is 8. The maximum absolute atomic E-state index is 11.9. The van der Waals surface area contributed by atoms with Crippen molar-refractivity contribution in [3.63, 3.8) is 0 Å². The fraction of sp³-hybridized carbons (Fsp3) is 0. The van der Waals surface area contributed by atoms with Gasteiger partial charge in [-0.15, -0.1) is 0 Å². The highest BCUT2D eigenvalue weighted by Crippen LogP contribution is 2.32. The molecule has 1 fully saturated rings. The van der Waals surface area contributed by atoms with Crippen molar-refractivity contribution in [3.8, 4) is 0 Å². The summed E-state index contributed by atoms with van der Waals surface area (Å²) in [5.41, 5.74) is -0.324. The van der Waals surface area contributed by atoms with Gasteiger partial charge in [0.25, 0.3) is 17.5 Å². The molecule has 0 saturated carbocycles. The molecular weight excluding hydrogens is 362 g/mol. The summed E-state index contributed by atoms with van der Waals surface area (Å²) in [6.07, 6.45) is 4.24. The first-order valence-electron chi connectivity index (χ1n) is 7.06.